The number of allylic oxidation sites excluding steroid dienone is 2. The van der Waals surface area contributed by atoms with Crippen LogP contribution in [0.25, 0.3) is 11.2 Å². The van der Waals surface area contributed by atoms with Crippen LogP contribution in [-0.2, 0) is 36.8 Å². The third-order valence-corrected chi connectivity index (χ3v) is 15.7. The second-order valence-electron chi connectivity index (χ2n) is 19.2. The number of carboxylic acid groups (broad SMARTS) is 1. The molecule has 4 aliphatic rings. The van der Waals surface area contributed by atoms with Crippen molar-refractivity contribution in [2.24, 2.45) is 17.1 Å². The number of hydrogen-bond acceptors (Lipinski definition) is 17. The van der Waals surface area contributed by atoms with Gasteiger partial charge in [-0.05, 0) is 82.9 Å². The Labute approximate surface area is 395 Å². The maximum absolute atomic E-state index is 14.3. The van der Waals surface area contributed by atoms with Gasteiger partial charge in [0.2, 0.25) is 11.7 Å². The molecule has 9 N–H and O–H groups in total. The van der Waals surface area contributed by atoms with Crippen molar-refractivity contribution in [3.8, 4) is 0 Å². The van der Waals surface area contributed by atoms with E-state index in [2.05, 4.69) is 42.8 Å². The van der Waals surface area contributed by atoms with Gasteiger partial charge in [0.05, 0.1) is 34.7 Å². The van der Waals surface area contributed by atoms with Gasteiger partial charge >= 0.3 is 12.1 Å². The fourth-order valence-corrected chi connectivity index (χ4v) is 11.9. The van der Waals surface area contributed by atoms with E-state index in [-0.39, 0.29) is 88.7 Å². The summed E-state index contributed by atoms with van der Waals surface area (Å²) in [5, 5.41) is 19.4. The van der Waals surface area contributed by atoms with Crippen molar-refractivity contribution in [2.75, 3.05) is 36.9 Å². The molecule has 1 unspecified atom stereocenters. The third-order valence-electron chi connectivity index (χ3n) is 13.3. The molecule has 0 bridgehead atoms. The zero-order valence-electron chi connectivity index (χ0n) is 38.4. The number of hydrogen-bond donors (Lipinski definition) is 7. The number of aliphatic carboxylic acids is 1. The summed E-state index contributed by atoms with van der Waals surface area (Å²) in [6.07, 6.45) is 3.23. The molecule has 2 saturated heterocycles. The standard InChI is InChI=1S/C46H58N10O9S2/c1-23-27(36(59)32-28(21-65-43(48)64)37-46(6)30(55-46)20-56(37)34(32)35(23)58)18-44(2,3)15-17-66-67-22-29(41(62)63)54-45(4,5)31(57)8-7-16-49-39(60)25-12-9-24(10-13-25)11-14-26-19-50-38-33(51-26)40(61)53-42(47)52-38/h9-10,12-13,19,28-30,37,54-55H,7-8,11,14-18,20-22H2,1-6H3,(H2,48,64)(H,49,60)(H,62,63)(H3,47,50,52,53,61)/t28-,29+,30+,37?,46+/m1/s1. The first kappa shape index (κ1) is 49.3. The monoisotopic (exact) mass is 958 g/mol. The van der Waals surface area contributed by atoms with Crippen LogP contribution in [0.2, 0.25) is 0 Å². The van der Waals surface area contributed by atoms with Gasteiger partial charge in [-0.2, -0.15) is 4.98 Å². The number of ether oxygens (including phenoxy) is 1. The van der Waals surface area contributed by atoms with Crippen molar-refractivity contribution < 1.29 is 38.6 Å². The van der Waals surface area contributed by atoms with E-state index in [0.29, 0.717) is 78.1 Å². The van der Waals surface area contributed by atoms with Crippen molar-refractivity contribution in [1.29, 1.82) is 0 Å². The van der Waals surface area contributed by atoms with Crippen LogP contribution in [0.15, 0.2) is 57.7 Å². The number of benzene rings is 1. The van der Waals surface area contributed by atoms with Crippen molar-refractivity contribution in [1.82, 2.24) is 40.8 Å². The molecular weight excluding hydrogens is 901 g/mol. The minimum Gasteiger partial charge on any atom is -0.480 e. The van der Waals surface area contributed by atoms with Gasteiger partial charge in [0, 0.05) is 65.3 Å². The summed E-state index contributed by atoms with van der Waals surface area (Å²) in [7, 11) is 2.88. The smallest absolute Gasteiger partial charge is 0.404 e. The zero-order valence-corrected chi connectivity index (χ0v) is 40.1. The van der Waals surface area contributed by atoms with Crippen LogP contribution in [0.1, 0.15) is 88.8 Å². The number of carbonyl (C=O) groups is 6. The highest BCUT2D eigenvalue weighted by atomic mass is 33.1. The lowest BCUT2D eigenvalue weighted by molar-refractivity contribution is -0.139. The van der Waals surface area contributed by atoms with Crippen LogP contribution in [0.5, 0.6) is 0 Å². The highest BCUT2D eigenvalue weighted by molar-refractivity contribution is 8.76. The Bertz CT molecular complexity index is 2630. The number of primary amides is 1. The molecule has 2 fully saturated rings. The summed E-state index contributed by atoms with van der Waals surface area (Å²) in [6, 6.07) is 6.07. The van der Waals surface area contributed by atoms with Gasteiger partial charge < -0.3 is 36.8 Å². The average molecular weight is 959 g/mol. The van der Waals surface area contributed by atoms with E-state index in [4.69, 9.17) is 16.2 Å². The maximum atomic E-state index is 14.3. The van der Waals surface area contributed by atoms with Crippen LogP contribution in [0, 0.1) is 11.3 Å². The molecule has 3 aromatic rings. The summed E-state index contributed by atoms with van der Waals surface area (Å²) in [4.78, 5) is 107. The number of nitrogen functional groups attached to an aromatic ring is 1. The molecule has 2 aromatic heterocycles. The molecule has 0 spiro atoms. The van der Waals surface area contributed by atoms with Gasteiger partial charge in [-0.1, -0.05) is 47.6 Å². The molecule has 0 saturated carbocycles. The predicted octanol–water partition coefficient (Wildman–Crippen LogP) is 3.03. The van der Waals surface area contributed by atoms with Crippen molar-refractivity contribution in [3.63, 3.8) is 0 Å². The van der Waals surface area contributed by atoms with Crippen LogP contribution in [-0.4, -0.2) is 126 Å². The van der Waals surface area contributed by atoms with Gasteiger partial charge in [-0.3, -0.25) is 39.1 Å². The minimum absolute atomic E-state index is 0.0303. The number of nitrogens with zero attached hydrogens (tertiary/aromatic N) is 4. The Kier molecular flexibility index (Phi) is 14.4. The Morgan fingerprint density at radius 2 is 1.79 bits per heavy atom. The van der Waals surface area contributed by atoms with E-state index in [1.54, 1.807) is 39.1 Å². The second-order valence-corrected chi connectivity index (χ2v) is 21.8. The van der Waals surface area contributed by atoms with E-state index >= 15 is 0 Å². The number of piperazine rings is 1. The predicted molar refractivity (Wildman–Crippen MR) is 254 cm³/mol. The summed E-state index contributed by atoms with van der Waals surface area (Å²) in [6.45, 7) is 11.9. The molecule has 21 heteroatoms. The number of nitrogens with one attached hydrogen (secondary N) is 4. The molecule has 67 heavy (non-hydrogen) atoms. The molecule has 358 valence electrons. The van der Waals surface area contributed by atoms with Gasteiger partial charge in [0.15, 0.2) is 22.7 Å². The van der Waals surface area contributed by atoms with Crippen molar-refractivity contribution in [3.05, 3.63) is 80.1 Å². The summed E-state index contributed by atoms with van der Waals surface area (Å²) >= 11 is 0. The van der Waals surface area contributed by atoms with Crippen molar-refractivity contribution in [2.45, 2.75) is 109 Å². The Morgan fingerprint density at radius 1 is 1.06 bits per heavy atom. The lowest BCUT2D eigenvalue weighted by atomic mass is 9.74. The van der Waals surface area contributed by atoms with Gasteiger partial charge in [-0.15, -0.1) is 0 Å². The first-order valence-corrected chi connectivity index (χ1v) is 24.8. The van der Waals surface area contributed by atoms with Crippen LogP contribution in [0.4, 0.5) is 10.7 Å². The Morgan fingerprint density at radius 3 is 2.49 bits per heavy atom. The van der Waals surface area contributed by atoms with E-state index in [1.165, 1.54) is 21.6 Å². The molecular formula is C46H58N10O9S2. The van der Waals surface area contributed by atoms with Crippen molar-refractivity contribution >= 4 is 74.0 Å². The van der Waals surface area contributed by atoms with E-state index in [0.717, 1.165) is 5.56 Å². The number of carbonyl (C=O) groups excluding carboxylic acids is 5. The van der Waals surface area contributed by atoms with Gasteiger partial charge in [0.1, 0.15) is 12.6 Å². The average Bonchev–Trinajstić information content (AvgIpc) is 3.66. The number of aromatic nitrogens is 4. The SMILES string of the molecule is CC1=C(CC(C)(C)CCSSC[C@H](NC(C)(C)C(=O)CCCNC(=O)c2ccc(CCc3cnc4nc(N)[nH]c(=O)c4n3)cc2)C(=O)O)C(=O)C2=C(C1=O)N1C[C@@H]3N[C@]3(C)C1[C@@H]2COC(N)=O. The molecule has 19 nitrogen and oxygen atoms in total. The molecule has 7 rings (SSSR count). The van der Waals surface area contributed by atoms with Crippen LogP contribution in [0.3, 0.4) is 0 Å². The molecule has 1 aliphatic carbocycles. The fourth-order valence-electron chi connectivity index (χ4n) is 9.39. The fraction of sp³-hybridized carbons (Fsp3) is 0.522. The largest absolute Gasteiger partial charge is 0.480 e. The third kappa shape index (κ3) is 10.7. The molecule has 1 aromatic carbocycles. The minimum atomic E-state index is -1.14. The van der Waals surface area contributed by atoms with E-state index < -0.39 is 35.1 Å². The number of Topliss-reactive ketones (excluding diaryl/α,β-unsaturated/α-hetero) is 3. The lowest BCUT2D eigenvalue weighted by Crippen LogP contribution is -2.55. The number of carboxylic acids is 1. The number of H-pyrrole nitrogens is 1. The van der Waals surface area contributed by atoms with Gasteiger partial charge in [0.25, 0.3) is 11.5 Å². The first-order valence-electron chi connectivity index (χ1n) is 22.3. The number of nitrogens with two attached hydrogens (primary N) is 2. The molecule has 2 amide bonds. The molecule has 3 aliphatic heterocycles. The highest BCUT2D eigenvalue weighted by Gasteiger charge is 2.69. The first-order chi connectivity index (χ1) is 31.6. The van der Waals surface area contributed by atoms with Gasteiger partial charge in [-0.25, -0.2) is 14.8 Å². The molecule has 5 heterocycles. The number of aromatic amines is 1. The number of ketones is 3. The Balaban J connectivity index is 0.819. The second kappa shape index (κ2) is 19.5. The number of amides is 2. The quantitative estimate of drug-likeness (QED) is 0.0329. The number of rotatable bonds is 22. The number of fused-ring (bicyclic) bond motifs is 5. The highest BCUT2D eigenvalue weighted by Crippen LogP contribution is 2.54. The Hall–Kier alpha value is -5.64. The van der Waals surface area contributed by atoms with E-state index in [9.17, 15) is 38.7 Å². The summed E-state index contributed by atoms with van der Waals surface area (Å²) in [5.41, 5.74) is 12.6. The molecule has 0 radical (unpaired) electrons. The normalized spacial score (nSPS) is 21.6. The maximum Gasteiger partial charge on any atom is 0.404 e. The zero-order chi connectivity index (χ0) is 48.6. The molecule has 5 atom stereocenters. The summed E-state index contributed by atoms with van der Waals surface area (Å²) < 4.78 is 5.24. The lowest BCUT2D eigenvalue weighted by Gasteiger charge is -2.30. The van der Waals surface area contributed by atoms with Crippen LogP contribution < -0.4 is 33.0 Å². The topological polar surface area (TPSA) is 305 Å². The number of anilines is 1. The van der Waals surface area contributed by atoms with E-state index in [1.807, 2.05) is 30.9 Å². The number of aryl methyl sites for hydroxylation is 2. The van der Waals surface area contributed by atoms with Crippen LogP contribution >= 0.6 is 21.6 Å². The summed E-state index contributed by atoms with van der Waals surface area (Å²) in [5.74, 6) is -1.61.